The lowest BCUT2D eigenvalue weighted by Crippen LogP contribution is -2.20. The predicted octanol–water partition coefficient (Wildman–Crippen LogP) is 5.02. The fraction of sp³-hybridized carbons (Fsp3) is 0.333. The van der Waals surface area contributed by atoms with Crippen LogP contribution in [0.3, 0.4) is 0 Å². The molecule has 0 unspecified atom stereocenters. The number of allylic oxidation sites excluding steroid dienone is 2. The van der Waals surface area contributed by atoms with Gasteiger partial charge in [0.2, 0.25) is 5.78 Å². The summed E-state index contributed by atoms with van der Waals surface area (Å²) >= 11 is 0. The van der Waals surface area contributed by atoms with E-state index in [-0.39, 0.29) is 17.3 Å². The van der Waals surface area contributed by atoms with E-state index in [4.69, 9.17) is 14.2 Å². The van der Waals surface area contributed by atoms with Crippen LogP contribution in [-0.4, -0.2) is 25.8 Å². The second-order valence-corrected chi connectivity index (χ2v) is 7.52. The maximum atomic E-state index is 12.9. The summed E-state index contributed by atoms with van der Waals surface area (Å²) in [4.78, 5) is 25.5. The van der Waals surface area contributed by atoms with Crippen LogP contribution in [0.5, 0.6) is 17.2 Å². The van der Waals surface area contributed by atoms with Crippen molar-refractivity contribution in [2.75, 3.05) is 14.2 Å². The van der Waals surface area contributed by atoms with E-state index < -0.39 is 0 Å². The first kappa shape index (κ1) is 20.6. The summed E-state index contributed by atoms with van der Waals surface area (Å²) in [6.45, 7) is 4.39. The van der Waals surface area contributed by atoms with Crippen LogP contribution in [0.1, 0.15) is 53.0 Å². The zero-order valence-corrected chi connectivity index (χ0v) is 17.3. The van der Waals surface area contributed by atoms with Crippen molar-refractivity contribution in [3.05, 3.63) is 64.9 Å². The van der Waals surface area contributed by atoms with E-state index in [9.17, 15) is 9.59 Å². The molecule has 0 amide bonds. The van der Waals surface area contributed by atoms with Crippen molar-refractivity contribution in [2.24, 2.45) is 5.92 Å². The van der Waals surface area contributed by atoms with Crippen LogP contribution >= 0.6 is 0 Å². The van der Waals surface area contributed by atoms with Crippen LogP contribution in [0, 0.1) is 5.92 Å². The van der Waals surface area contributed by atoms with E-state index in [1.54, 1.807) is 24.3 Å². The van der Waals surface area contributed by atoms with Gasteiger partial charge in [-0.3, -0.25) is 9.59 Å². The van der Waals surface area contributed by atoms with Crippen LogP contribution in [0.15, 0.2) is 48.2 Å². The Morgan fingerprint density at radius 1 is 0.862 bits per heavy atom. The first-order valence-corrected chi connectivity index (χ1v) is 9.76. The third-order valence-corrected chi connectivity index (χ3v) is 4.88. The average Bonchev–Trinajstić information content (AvgIpc) is 2.71. The number of hydrogen-bond donors (Lipinski definition) is 0. The molecule has 0 aliphatic heterocycles. The first-order chi connectivity index (χ1) is 13.9. The Balaban J connectivity index is 1.81. The van der Waals surface area contributed by atoms with E-state index in [1.165, 1.54) is 20.3 Å². The van der Waals surface area contributed by atoms with Crippen LogP contribution in [0.4, 0.5) is 0 Å². The van der Waals surface area contributed by atoms with Crippen molar-refractivity contribution in [3.63, 3.8) is 0 Å². The fourth-order valence-corrected chi connectivity index (χ4v) is 3.30. The van der Waals surface area contributed by atoms with Crippen molar-refractivity contribution in [1.29, 1.82) is 0 Å². The summed E-state index contributed by atoms with van der Waals surface area (Å²) in [7, 11) is 3.06. The zero-order chi connectivity index (χ0) is 21.0. The highest BCUT2D eigenvalue weighted by molar-refractivity contribution is 6.23. The van der Waals surface area contributed by atoms with E-state index >= 15 is 0 Å². The maximum absolute atomic E-state index is 12.9. The van der Waals surface area contributed by atoms with Crippen molar-refractivity contribution in [1.82, 2.24) is 0 Å². The Labute approximate surface area is 171 Å². The number of ether oxygens (including phenoxy) is 3. The minimum absolute atomic E-state index is 0.00892. The molecule has 2 aromatic carbocycles. The van der Waals surface area contributed by atoms with Gasteiger partial charge in [0.25, 0.3) is 0 Å². The molecule has 0 heterocycles. The van der Waals surface area contributed by atoms with Gasteiger partial charge in [0.05, 0.1) is 14.2 Å². The second-order valence-electron chi connectivity index (χ2n) is 7.52. The summed E-state index contributed by atoms with van der Waals surface area (Å²) in [6, 6.07) is 10.4. The summed E-state index contributed by atoms with van der Waals surface area (Å²) in [5, 5.41) is 0. The Kier molecular flexibility index (Phi) is 6.37. The van der Waals surface area contributed by atoms with Crippen LogP contribution in [0.25, 0.3) is 0 Å². The molecule has 152 valence electrons. The molecule has 3 rings (SSSR count). The third-order valence-electron chi connectivity index (χ3n) is 4.88. The Bertz CT molecular complexity index is 933. The molecule has 5 nitrogen and oxygen atoms in total. The summed E-state index contributed by atoms with van der Waals surface area (Å²) in [5.41, 5.74) is 1.88. The molecule has 0 saturated heterocycles. The number of rotatable bonds is 8. The van der Waals surface area contributed by atoms with Crippen LogP contribution < -0.4 is 14.2 Å². The van der Waals surface area contributed by atoms with Crippen molar-refractivity contribution in [2.45, 2.75) is 33.1 Å². The zero-order valence-electron chi connectivity index (χ0n) is 17.3. The molecule has 0 aromatic heterocycles. The third kappa shape index (κ3) is 4.86. The van der Waals surface area contributed by atoms with Crippen molar-refractivity contribution >= 4 is 11.6 Å². The number of aryl methyl sites for hydroxylation is 1. The molecule has 1 aliphatic rings. The number of methoxy groups -OCH3 is 2. The van der Waals surface area contributed by atoms with Gasteiger partial charge in [-0.1, -0.05) is 26.3 Å². The minimum Gasteiger partial charge on any atom is -0.496 e. The van der Waals surface area contributed by atoms with Gasteiger partial charge in [-0.15, -0.1) is 0 Å². The number of Topliss-reactive ketones (excluding diaryl/α,β-unsaturated/α-hetero) is 1. The highest BCUT2D eigenvalue weighted by Crippen LogP contribution is 2.31. The predicted molar refractivity (Wildman–Crippen MR) is 111 cm³/mol. The highest BCUT2D eigenvalue weighted by Gasteiger charge is 2.27. The van der Waals surface area contributed by atoms with Crippen molar-refractivity contribution < 1.29 is 23.8 Å². The average molecular weight is 394 g/mol. The molecule has 0 bridgehead atoms. The monoisotopic (exact) mass is 394 g/mol. The number of ketones is 2. The van der Waals surface area contributed by atoms with E-state index in [1.807, 2.05) is 12.1 Å². The topological polar surface area (TPSA) is 61.8 Å². The number of hydrogen-bond acceptors (Lipinski definition) is 5. The lowest BCUT2D eigenvalue weighted by molar-refractivity contribution is 0.0946. The van der Waals surface area contributed by atoms with Gasteiger partial charge in [0.1, 0.15) is 17.2 Å². The molecule has 0 N–H and O–H groups in total. The van der Waals surface area contributed by atoms with Crippen LogP contribution in [-0.2, 0) is 6.42 Å². The largest absolute Gasteiger partial charge is 0.496 e. The smallest absolute Gasteiger partial charge is 0.229 e. The van der Waals surface area contributed by atoms with Gasteiger partial charge in [-0.2, -0.15) is 0 Å². The molecule has 29 heavy (non-hydrogen) atoms. The standard InChI is InChI=1S/C24H26O5/c1-15(2)6-5-7-16-8-9-20-21(10-16)22(25)14-23(24(20)26)29-19-12-17(27-3)11-18(13-19)28-4/h8-15H,5-7H2,1-4H3. The van der Waals surface area contributed by atoms with Gasteiger partial charge >= 0.3 is 0 Å². The SMILES string of the molecule is COc1cc(OC)cc(OC2=CC(=O)c3cc(CCCC(C)C)ccc3C2=O)c1. The Hall–Kier alpha value is -3.08. The molecule has 0 saturated carbocycles. The number of benzene rings is 2. The fourth-order valence-electron chi connectivity index (χ4n) is 3.30. The summed E-state index contributed by atoms with van der Waals surface area (Å²) in [6.07, 6.45) is 4.34. The second kappa shape index (κ2) is 8.95. The Morgan fingerprint density at radius 3 is 2.14 bits per heavy atom. The van der Waals surface area contributed by atoms with Gasteiger partial charge in [0.15, 0.2) is 11.5 Å². The normalized spacial score (nSPS) is 13.2. The quantitative estimate of drug-likeness (QED) is 0.629. The van der Waals surface area contributed by atoms with Crippen molar-refractivity contribution in [3.8, 4) is 17.2 Å². The van der Waals surface area contributed by atoms with E-state index in [2.05, 4.69) is 13.8 Å². The molecule has 0 atom stereocenters. The van der Waals surface area contributed by atoms with E-state index in [0.29, 0.717) is 34.3 Å². The maximum Gasteiger partial charge on any atom is 0.229 e. The molecule has 1 aliphatic carbocycles. The van der Waals surface area contributed by atoms with Gasteiger partial charge in [-0.25, -0.2) is 0 Å². The van der Waals surface area contributed by atoms with Gasteiger partial charge in [-0.05, 0) is 36.5 Å². The van der Waals surface area contributed by atoms with Gasteiger partial charge in [0, 0.05) is 35.4 Å². The molecule has 2 aromatic rings. The minimum atomic E-state index is -0.310. The molecular formula is C24H26O5. The molecule has 0 radical (unpaired) electrons. The molecule has 0 fully saturated rings. The molecular weight excluding hydrogens is 368 g/mol. The van der Waals surface area contributed by atoms with Gasteiger partial charge < -0.3 is 14.2 Å². The number of carbonyl (C=O) groups is 2. The highest BCUT2D eigenvalue weighted by atomic mass is 16.5. The molecule has 0 spiro atoms. The lowest BCUT2D eigenvalue weighted by Gasteiger charge is -2.17. The van der Waals surface area contributed by atoms with E-state index in [0.717, 1.165) is 24.8 Å². The lowest BCUT2D eigenvalue weighted by atomic mass is 9.90. The Morgan fingerprint density at radius 2 is 1.52 bits per heavy atom. The number of carbonyl (C=O) groups excluding carboxylic acids is 2. The summed E-state index contributed by atoms with van der Waals surface area (Å²) in [5.74, 6) is 1.52. The summed E-state index contributed by atoms with van der Waals surface area (Å²) < 4.78 is 16.2. The number of fused-ring (bicyclic) bond motifs is 1. The molecule has 5 heteroatoms. The van der Waals surface area contributed by atoms with Crippen LogP contribution in [0.2, 0.25) is 0 Å². The first-order valence-electron chi connectivity index (χ1n) is 9.76.